The van der Waals surface area contributed by atoms with Gasteiger partial charge in [0, 0.05) is 6.42 Å². The van der Waals surface area contributed by atoms with E-state index in [1.165, 1.54) is 20.0 Å². The smallest absolute Gasteiger partial charge is 0.305 e. The van der Waals surface area contributed by atoms with E-state index >= 15 is 0 Å². The Bertz CT molecular complexity index is 532. The van der Waals surface area contributed by atoms with Crippen LogP contribution in [0, 0.1) is 29.6 Å². The number of hydrogen-bond acceptors (Lipinski definition) is 3. The number of allylic oxidation sites excluding steroid dienone is 5. The number of hydrogen-bond donors (Lipinski definition) is 1. The minimum Gasteiger partial charge on any atom is -0.469 e. The van der Waals surface area contributed by atoms with E-state index in [1.54, 1.807) is 0 Å². The molecule has 0 radical (unpaired) electrons. The molecule has 0 heterocycles. The molecule has 2 aliphatic carbocycles. The number of methoxy groups -OCH3 is 1. The Kier molecular flexibility index (Phi) is 9.33. The summed E-state index contributed by atoms with van der Waals surface area (Å²) in [5, 5.41) is 10.3. The number of aliphatic hydroxyl groups is 1. The normalized spacial score (nSPS) is 28.0. The van der Waals surface area contributed by atoms with Gasteiger partial charge >= 0.3 is 5.97 Å². The number of ether oxygens (including phenoxy) is 1. The molecule has 3 nitrogen and oxygen atoms in total. The number of rotatable bonds is 12. The van der Waals surface area contributed by atoms with Crippen molar-refractivity contribution in [2.45, 2.75) is 71.3 Å². The van der Waals surface area contributed by atoms with E-state index in [4.69, 9.17) is 0 Å². The van der Waals surface area contributed by atoms with Crippen molar-refractivity contribution < 1.29 is 14.6 Å². The van der Waals surface area contributed by atoms with Crippen LogP contribution in [-0.4, -0.2) is 24.3 Å². The lowest BCUT2D eigenvalue weighted by Crippen LogP contribution is -2.18. The average molecular weight is 375 g/mol. The second-order valence-corrected chi connectivity index (χ2v) is 8.64. The van der Waals surface area contributed by atoms with Gasteiger partial charge in [0.1, 0.15) is 0 Å². The van der Waals surface area contributed by atoms with Gasteiger partial charge in [-0.3, -0.25) is 4.79 Å². The zero-order valence-corrected chi connectivity index (χ0v) is 17.3. The van der Waals surface area contributed by atoms with Gasteiger partial charge in [0.05, 0.1) is 13.2 Å². The summed E-state index contributed by atoms with van der Waals surface area (Å²) in [6.45, 7) is 4.47. The first-order chi connectivity index (χ1) is 13.0. The van der Waals surface area contributed by atoms with E-state index in [0.717, 1.165) is 32.1 Å². The fraction of sp³-hybridized carbons (Fsp3) is 0.708. The molecule has 1 N–H and O–H groups in total. The van der Waals surface area contributed by atoms with Crippen molar-refractivity contribution in [2.75, 3.05) is 7.11 Å². The highest BCUT2D eigenvalue weighted by Gasteiger charge is 2.42. The molecule has 0 aromatic rings. The van der Waals surface area contributed by atoms with Crippen molar-refractivity contribution in [2.24, 2.45) is 29.6 Å². The number of aliphatic hydroxyl groups excluding tert-OH is 1. The quantitative estimate of drug-likeness (QED) is 0.280. The van der Waals surface area contributed by atoms with Crippen molar-refractivity contribution in [3.8, 4) is 0 Å². The number of esters is 1. The molecule has 2 rings (SSSR count). The molecule has 1 saturated carbocycles. The Balaban J connectivity index is 1.76. The lowest BCUT2D eigenvalue weighted by Gasteiger charge is -2.25. The highest BCUT2D eigenvalue weighted by atomic mass is 16.5. The lowest BCUT2D eigenvalue weighted by atomic mass is 9.80. The first kappa shape index (κ1) is 21.9. The summed E-state index contributed by atoms with van der Waals surface area (Å²) in [5.74, 6) is 3.11. The number of carbonyl (C=O) groups excluding carboxylic acids is 1. The predicted molar refractivity (Wildman–Crippen MR) is 111 cm³/mol. The first-order valence-corrected chi connectivity index (χ1v) is 10.8. The molecule has 0 saturated heterocycles. The SMILES string of the molecule is COC(=O)CCC/C=C\CC1C(C=CC(O)CCCC(C)C)[C@H]2C=C[C@H]1C2. The highest BCUT2D eigenvalue weighted by Crippen LogP contribution is 2.50. The fourth-order valence-corrected chi connectivity index (χ4v) is 4.51. The summed E-state index contributed by atoms with van der Waals surface area (Å²) in [6.07, 6.45) is 21.1. The molecule has 0 aliphatic heterocycles. The van der Waals surface area contributed by atoms with E-state index in [9.17, 15) is 9.90 Å². The maximum atomic E-state index is 11.1. The maximum Gasteiger partial charge on any atom is 0.305 e. The molecule has 2 bridgehead atoms. The van der Waals surface area contributed by atoms with Crippen molar-refractivity contribution in [1.82, 2.24) is 0 Å². The average Bonchev–Trinajstić information content (AvgIpc) is 3.23. The standard InChI is InChI=1S/C24H38O3/c1-18(2)9-8-10-21(25)15-16-23-20-14-13-19(17-20)22(23)11-6-4-5-7-12-24(26)27-3/h4,6,13-16,18-23,25H,5,7-12,17H2,1-3H3/b6-4-,16-15?/t19-,20-,21?,22?,23?/m0/s1. The minimum absolute atomic E-state index is 0.126. The Labute approximate surface area is 165 Å². The van der Waals surface area contributed by atoms with Crippen LogP contribution >= 0.6 is 0 Å². The Morgan fingerprint density at radius 2 is 1.96 bits per heavy atom. The van der Waals surface area contributed by atoms with Gasteiger partial charge < -0.3 is 9.84 Å². The second-order valence-electron chi connectivity index (χ2n) is 8.64. The van der Waals surface area contributed by atoms with E-state index in [2.05, 4.69) is 49.0 Å². The third-order valence-corrected chi connectivity index (χ3v) is 6.08. The monoisotopic (exact) mass is 374 g/mol. The van der Waals surface area contributed by atoms with Crippen LogP contribution in [0.5, 0.6) is 0 Å². The van der Waals surface area contributed by atoms with Gasteiger partial charge in [-0.25, -0.2) is 0 Å². The largest absolute Gasteiger partial charge is 0.469 e. The fourth-order valence-electron chi connectivity index (χ4n) is 4.51. The van der Waals surface area contributed by atoms with Crippen molar-refractivity contribution in [1.29, 1.82) is 0 Å². The van der Waals surface area contributed by atoms with Gasteiger partial charge in [-0.15, -0.1) is 0 Å². The molecule has 152 valence electrons. The topological polar surface area (TPSA) is 46.5 Å². The van der Waals surface area contributed by atoms with Gasteiger partial charge in [0.25, 0.3) is 0 Å². The zero-order valence-electron chi connectivity index (χ0n) is 17.3. The molecule has 0 aromatic heterocycles. The molecule has 3 unspecified atom stereocenters. The van der Waals surface area contributed by atoms with Crippen LogP contribution in [0.2, 0.25) is 0 Å². The molecule has 0 amide bonds. The number of fused-ring (bicyclic) bond motifs is 2. The Hall–Kier alpha value is -1.35. The van der Waals surface area contributed by atoms with E-state index in [1.807, 2.05) is 6.08 Å². The Morgan fingerprint density at radius 3 is 2.70 bits per heavy atom. The molecule has 1 fully saturated rings. The number of unbranched alkanes of at least 4 members (excludes halogenated alkanes) is 1. The van der Waals surface area contributed by atoms with Crippen LogP contribution in [0.4, 0.5) is 0 Å². The van der Waals surface area contributed by atoms with Gasteiger partial charge in [0.15, 0.2) is 0 Å². The molecule has 0 aromatic carbocycles. The Morgan fingerprint density at radius 1 is 1.19 bits per heavy atom. The van der Waals surface area contributed by atoms with Crippen molar-refractivity contribution >= 4 is 5.97 Å². The van der Waals surface area contributed by atoms with Crippen LogP contribution in [0.25, 0.3) is 0 Å². The molecule has 3 heteroatoms. The summed E-state index contributed by atoms with van der Waals surface area (Å²) in [6, 6.07) is 0. The van der Waals surface area contributed by atoms with E-state index in [-0.39, 0.29) is 12.1 Å². The number of carbonyl (C=O) groups is 1. The van der Waals surface area contributed by atoms with Gasteiger partial charge in [-0.05, 0) is 61.7 Å². The summed E-state index contributed by atoms with van der Waals surface area (Å²) < 4.78 is 4.67. The van der Waals surface area contributed by atoms with Crippen molar-refractivity contribution in [3.05, 3.63) is 36.5 Å². The van der Waals surface area contributed by atoms with Crippen LogP contribution in [0.15, 0.2) is 36.5 Å². The predicted octanol–water partition coefficient (Wildman–Crippen LogP) is 5.46. The van der Waals surface area contributed by atoms with Gasteiger partial charge in [-0.1, -0.05) is 63.1 Å². The first-order valence-electron chi connectivity index (χ1n) is 10.8. The summed E-state index contributed by atoms with van der Waals surface area (Å²) in [5.41, 5.74) is 0. The molecular weight excluding hydrogens is 336 g/mol. The van der Waals surface area contributed by atoms with Gasteiger partial charge in [-0.2, -0.15) is 0 Å². The molecule has 0 spiro atoms. The third-order valence-electron chi connectivity index (χ3n) is 6.08. The van der Waals surface area contributed by atoms with Crippen LogP contribution in [-0.2, 0) is 9.53 Å². The van der Waals surface area contributed by atoms with Crippen LogP contribution < -0.4 is 0 Å². The molecule has 2 aliphatic rings. The van der Waals surface area contributed by atoms with E-state index in [0.29, 0.717) is 36.0 Å². The van der Waals surface area contributed by atoms with Gasteiger partial charge in [0.2, 0.25) is 0 Å². The van der Waals surface area contributed by atoms with E-state index < -0.39 is 0 Å². The lowest BCUT2D eigenvalue weighted by molar-refractivity contribution is -0.140. The summed E-state index contributed by atoms with van der Waals surface area (Å²) in [7, 11) is 1.44. The molecule has 27 heavy (non-hydrogen) atoms. The molecule has 5 atom stereocenters. The maximum absolute atomic E-state index is 11.1. The van der Waals surface area contributed by atoms with Crippen LogP contribution in [0.1, 0.15) is 65.2 Å². The highest BCUT2D eigenvalue weighted by molar-refractivity contribution is 5.69. The third kappa shape index (κ3) is 7.29. The zero-order chi connectivity index (χ0) is 19.6. The van der Waals surface area contributed by atoms with Crippen LogP contribution in [0.3, 0.4) is 0 Å². The molecular formula is C24H38O3. The summed E-state index contributed by atoms with van der Waals surface area (Å²) in [4.78, 5) is 11.1. The summed E-state index contributed by atoms with van der Waals surface area (Å²) >= 11 is 0. The van der Waals surface area contributed by atoms with Crippen molar-refractivity contribution in [3.63, 3.8) is 0 Å². The second kappa shape index (κ2) is 11.5. The minimum atomic E-state index is -0.304.